The van der Waals surface area contributed by atoms with E-state index in [0.717, 1.165) is 27.5 Å². The summed E-state index contributed by atoms with van der Waals surface area (Å²) >= 11 is 0. The van der Waals surface area contributed by atoms with E-state index in [-0.39, 0.29) is 13.0 Å². The van der Waals surface area contributed by atoms with Crippen LogP contribution >= 0.6 is 8.25 Å². The zero-order chi connectivity index (χ0) is 29.0. The highest BCUT2D eigenvalue weighted by Gasteiger charge is 2.43. The van der Waals surface area contributed by atoms with Gasteiger partial charge in [-0.2, -0.15) is 4.39 Å². The van der Waals surface area contributed by atoms with E-state index in [1.165, 1.54) is 0 Å². The quantitative estimate of drug-likeness (QED) is 0.214. The van der Waals surface area contributed by atoms with E-state index in [9.17, 15) is 23.4 Å². The number of H-pyrrole nitrogens is 1. The van der Waals surface area contributed by atoms with Crippen molar-refractivity contribution in [3.63, 3.8) is 0 Å². The van der Waals surface area contributed by atoms with Crippen LogP contribution in [0.3, 0.4) is 0 Å². The third kappa shape index (κ3) is 5.95. The Hall–Kier alpha value is -3.86. The maximum Gasteiger partial charge on any atom is 0.330 e. The molecule has 1 aromatic heterocycles. The highest BCUT2D eigenvalue weighted by atomic mass is 31.1. The molecule has 0 bridgehead atoms. The summed E-state index contributed by atoms with van der Waals surface area (Å²) in [6.45, 7) is -0.146. The molecule has 0 amide bonds. The molecule has 2 N–H and O–H groups in total. The summed E-state index contributed by atoms with van der Waals surface area (Å²) in [4.78, 5) is 35.4. The standard InChI is InChI=1S/C29H28FN2O8P/c1-37-22-14-12-21(13-15-22)29(19-8-4-2-5-9-19,20-10-6-3-7-11-20)38-18-25-24(40-41(35)36)16-26(39-25)32-17-23(30)27(33)31-28(32)34/h2-15,17,24-26,41H,16,18H2,1H3,(H,35,36)(H,31,33,34)/t24-,25+,26+/m0/s1. The summed E-state index contributed by atoms with van der Waals surface area (Å²) in [6.07, 6.45) is -2.32. The lowest BCUT2D eigenvalue weighted by atomic mass is 9.80. The summed E-state index contributed by atoms with van der Waals surface area (Å²) in [7, 11) is -1.84. The monoisotopic (exact) mass is 582 g/mol. The molecule has 1 fully saturated rings. The molecule has 1 aliphatic rings. The van der Waals surface area contributed by atoms with E-state index in [2.05, 4.69) is 0 Å². The van der Waals surface area contributed by atoms with Crippen molar-refractivity contribution in [2.45, 2.75) is 30.5 Å². The first-order valence-electron chi connectivity index (χ1n) is 12.8. The highest BCUT2D eigenvalue weighted by Crippen LogP contribution is 2.43. The van der Waals surface area contributed by atoms with Crippen LogP contribution in [0.25, 0.3) is 0 Å². The van der Waals surface area contributed by atoms with Crippen molar-refractivity contribution in [2.75, 3.05) is 13.7 Å². The fourth-order valence-corrected chi connectivity index (χ4v) is 5.58. The number of ether oxygens (including phenoxy) is 3. The van der Waals surface area contributed by atoms with Crippen LogP contribution in [0.2, 0.25) is 0 Å². The van der Waals surface area contributed by atoms with Gasteiger partial charge in [0, 0.05) is 6.42 Å². The molecule has 0 aliphatic carbocycles. The predicted molar refractivity (Wildman–Crippen MR) is 148 cm³/mol. The van der Waals surface area contributed by atoms with Crippen LogP contribution in [0, 0.1) is 5.82 Å². The fraction of sp³-hybridized carbons (Fsp3) is 0.241. The van der Waals surface area contributed by atoms with Gasteiger partial charge in [0.1, 0.15) is 23.7 Å². The first-order chi connectivity index (χ1) is 19.8. The molecule has 3 aromatic carbocycles. The minimum absolute atomic E-state index is 0.0669. The van der Waals surface area contributed by atoms with Gasteiger partial charge in [-0.3, -0.25) is 18.9 Å². The second kappa shape index (κ2) is 12.3. The van der Waals surface area contributed by atoms with E-state index in [0.29, 0.717) is 5.75 Å². The second-order valence-corrected chi connectivity index (χ2v) is 10.2. The van der Waals surface area contributed by atoms with Crippen molar-refractivity contribution < 1.29 is 32.6 Å². The van der Waals surface area contributed by atoms with Gasteiger partial charge >= 0.3 is 13.9 Å². The molecule has 1 saturated heterocycles. The Morgan fingerprint density at radius 3 is 2.15 bits per heavy atom. The average molecular weight is 583 g/mol. The molecule has 0 radical (unpaired) electrons. The minimum atomic E-state index is -3.41. The molecule has 0 saturated carbocycles. The van der Waals surface area contributed by atoms with Crippen LogP contribution in [0.5, 0.6) is 5.75 Å². The summed E-state index contributed by atoms with van der Waals surface area (Å²) in [5, 5.41) is 0. The number of nitrogens with zero attached hydrogens (tertiary/aromatic N) is 1. The summed E-state index contributed by atoms with van der Waals surface area (Å²) in [5.41, 5.74) is -0.827. The lowest BCUT2D eigenvalue weighted by molar-refractivity contribution is -0.0918. The smallest absolute Gasteiger partial charge is 0.330 e. The number of halogens is 1. The maximum absolute atomic E-state index is 14.0. The third-order valence-corrected chi connectivity index (χ3v) is 7.49. The van der Waals surface area contributed by atoms with E-state index in [1.54, 1.807) is 7.11 Å². The largest absolute Gasteiger partial charge is 0.497 e. The van der Waals surface area contributed by atoms with E-state index in [4.69, 9.17) is 18.7 Å². The SMILES string of the molecule is COc1ccc(C(OC[C@H]2O[C@@H](n3cc(F)c(=O)[nH]c3=O)C[C@@H]2O[PH](=O)O)(c2ccccc2)c2ccccc2)cc1. The van der Waals surface area contributed by atoms with Crippen molar-refractivity contribution in [3.05, 3.63) is 134 Å². The highest BCUT2D eigenvalue weighted by molar-refractivity contribution is 7.32. The van der Waals surface area contributed by atoms with Gasteiger partial charge in [0.2, 0.25) is 5.82 Å². The number of methoxy groups -OCH3 is 1. The number of hydrogen-bond acceptors (Lipinski definition) is 7. The Bertz CT molecular complexity index is 1570. The Kier molecular flexibility index (Phi) is 8.63. The molecule has 1 aliphatic heterocycles. The average Bonchev–Trinajstić information content (AvgIpc) is 3.38. The molecule has 12 heteroatoms. The predicted octanol–water partition coefficient (Wildman–Crippen LogP) is 3.75. The van der Waals surface area contributed by atoms with Crippen molar-refractivity contribution in [1.29, 1.82) is 0 Å². The lowest BCUT2D eigenvalue weighted by Crippen LogP contribution is -2.38. The lowest BCUT2D eigenvalue weighted by Gasteiger charge is -2.37. The van der Waals surface area contributed by atoms with Crippen LogP contribution in [0.4, 0.5) is 4.39 Å². The Balaban J connectivity index is 1.56. The van der Waals surface area contributed by atoms with Gasteiger partial charge in [0.05, 0.1) is 26.0 Å². The fourth-order valence-electron chi connectivity index (χ4n) is 5.08. The first kappa shape index (κ1) is 28.7. The minimum Gasteiger partial charge on any atom is -0.497 e. The summed E-state index contributed by atoms with van der Waals surface area (Å²) in [6, 6.07) is 26.5. The van der Waals surface area contributed by atoms with E-state index >= 15 is 0 Å². The zero-order valence-corrected chi connectivity index (χ0v) is 22.9. The van der Waals surface area contributed by atoms with Gasteiger partial charge in [-0.15, -0.1) is 0 Å². The van der Waals surface area contributed by atoms with Gasteiger partial charge in [-0.25, -0.2) is 4.79 Å². The van der Waals surface area contributed by atoms with Gasteiger partial charge in [0.15, 0.2) is 0 Å². The Morgan fingerprint density at radius 2 is 1.59 bits per heavy atom. The number of aromatic nitrogens is 2. The third-order valence-electron chi connectivity index (χ3n) is 6.99. The van der Waals surface area contributed by atoms with Gasteiger partial charge in [-0.1, -0.05) is 72.8 Å². The van der Waals surface area contributed by atoms with Crippen molar-refractivity contribution in [1.82, 2.24) is 9.55 Å². The maximum atomic E-state index is 14.0. The molecular formula is C29H28FN2O8P. The molecule has 2 heterocycles. The molecule has 10 nitrogen and oxygen atoms in total. The van der Waals surface area contributed by atoms with Crippen molar-refractivity contribution in [3.8, 4) is 5.75 Å². The molecular weight excluding hydrogens is 554 g/mol. The van der Waals surface area contributed by atoms with E-state index < -0.39 is 49.4 Å². The number of benzene rings is 3. The molecule has 0 spiro atoms. The molecule has 4 atom stereocenters. The molecule has 4 aromatic rings. The van der Waals surface area contributed by atoms with Crippen LogP contribution < -0.4 is 16.0 Å². The van der Waals surface area contributed by atoms with Gasteiger partial charge in [-0.05, 0) is 28.8 Å². The summed E-state index contributed by atoms with van der Waals surface area (Å²) < 4.78 is 50.1. The zero-order valence-electron chi connectivity index (χ0n) is 21.9. The number of hydrogen-bond donors (Lipinski definition) is 2. The normalized spacial score (nSPS) is 19.6. The van der Waals surface area contributed by atoms with Crippen LogP contribution in [-0.4, -0.2) is 40.4 Å². The topological polar surface area (TPSA) is 129 Å². The Labute approximate surface area is 234 Å². The van der Waals surface area contributed by atoms with Crippen LogP contribution in [-0.2, 0) is 24.2 Å². The van der Waals surface area contributed by atoms with Crippen molar-refractivity contribution in [2.24, 2.45) is 0 Å². The number of nitrogens with one attached hydrogen (secondary N) is 1. The van der Waals surface area contributed by atoms with E-state index in [1.807, 2.05) is 89.9 Å². The van der Waals surface area contributed by atoms with Crippen LogP contribution in [0.1, 0.15) is 29.3 Å². The number of aromatic amines is 1. The Morgan fingerprint density at radius 1 is 1.00 bits per heavy atom. The molecule has 5 rings (SSSR count). The van der Waals surface area contributed by atoms with Gasteiger partial charge < -0.3 is 23.6 Å². The molecule has 1 unspecified atom stereocenters. The number of rotatable bonds is 10. The molecule has 41 heavy (non-hydrogen) atoms. The summed E-state index contributed by atoms with van der Waals surface area (Å²) in [5.74, 6) is -0.515. The second-order valence-electron chi connectivity index (χ2n) is 9.38. The van der Waals surface area contributed by atoms with Crippen LogP contribution in [0.15, 0.2) is 101 Å². The first-order valence-corrected chi connectivity index (χ1v) is 14.0. The van der Waals surface area contributed by atoms with Crippen molar-refractivity contribution >= 4 is 8.25 Å². The molecule has 214 valence electrons. The van der Waals surface area contributed by atoms with Gasteiger partial charge in [0.25, 0.3) is 5.56 Å².